The van der Waals surface area contributed by atoms with E-state index in [1.165, 1.54) is 5.56 Å². The lowest BCUT2D eigenvalue weighted by Gasteiger charge is -2.07. The molecule has 0 spiro atoms. The minimum Gasteiger partial charge on any atom is -0.397 e. The molecule has 2 aromatic rings. The van der Waals surface area contributed by atoms with Gasteiger partial charge in [-0.15, -0.1) is 0 Å². The molecule has 18 heavy (non-hydrogen) atoms. The number of nitrogen functional groups attached to an aromatic ring is 1. The Labute approximate surface area is 111 Å². The third-order valence-electron chi connectivity index (χ3n) is 2.64. The number of anilines is 1. The molecular weight excluding hydrogens is 242 g/mol. The first-order valence-electron chi connectivity index (χ1n) is 5.53. The standard InChI is InChI=1S/C14H13N3S/c1-10-7-11(8-15)4-5-12(10)9-18-14-13(16)3-2-6-17-14/h2-7H,9,16H2,1H3. The van der Waals surface area contributed by atoms with E-state index < -0.39 is 0 Å². The fourth-order valence-corrected chi connectivity index (χ4v) is 2.58. The first-order chi connectivity index (χ1) is 8.70. The van der Waals surface area contributed by atoms with Gasteiger partial charge in [0.25, 0.3) is 0 Å². The molecule has 1 aromatic heterocycles. The van der Waals surface area contributed by atoms with Crippen molar-refractivity contribution in [3.8, 4) is 6.07 Å². The third-order valence-corrected chi connectivity index (χ3v) is 3.71. The molecule has 0 saturated carbocycles. The molecule has 3 nitrogen and oxygen atoms in total. The molecule has 0 radical (unpaired) electrons. The number of pyridine rings is 1. The van der Waals surface area contributed by atoms with E-state index in [0.29, 0.717) is 11.3 Å². The lowest BCUT2D eigenvalue weighted by atomic mass is 10.1. The normalized spacial score (nSPS) is 10.0. The van der Waals surface area contributed by atoms with E-state index in [0.717, 1.165) is 16.3 Å². The van der Waals surface area contributed by atoms with Gasteiger partial charge in [0.15, 0.2) is 0 Å². The number of hydrogen-bond donors (Lipinski definition) is 1. The highest BCUT2D eigenvalue weighted by Gasteiger charge is 2.04. The molecule has 2 N–H and O–H groups in total. The number of nitriles is 1. The van der Waals surface area contributed by atoms with Crippen molar-refractivity contribution in [1.82, 2.24) is 4.98 Å². The zero-order valence-electron chi connectivity index (χ0n) is 10.1. The maximum Gasteiger partial charge on any atom is 0.119 e. The van der Waals surface area contributed by atoms with E-state index in [1.807, 2.05) is 37.3 Å². The number of thioether (sulfide) groups is 1. The van der Waals surface area contributed by atoms with Gasteiger partial charge in [-0.25, -0.2) is 4.98 Å². The van der Waals surface area contributed by atoms with Crippen molar-refractivity contribution in [2.45, 2.75) is 17.7 Å². The quantitative estimate of drug-likeness (QED) is 0.856. The van der Waals surface area contributed by atoms with Crippen molar-refractivity contribution in [2.75, 3.05) is 5.73 Å². The summed E-state index contributed by atoms with van der Waals surface area (Å²) in [6.45, 7) is 2.01. The number of benzene rings is 1. The van der Waals surface area contributed by atoms with Crippen LogP contribution in [0.1, 0.15) is 16.7 Å². The van der Waals surface area contributed by atoms with Gasteiger partial charge in [0.05, 0.1) is 17.3 Å². The van der Waals surface area contributed by atoms with Crippen LogP contribution in [0.4, 0.5) is 5.69 Å². The van der Waals surface area contributed by atoms with Gasteiger partial charge in [0, 0.05) is 11.9 Å². The second-order valence-electron chi connectivity index (χ2n) is 3.94. The van der Waals surface area contributed by atoms with Crippen LogP contribution < -0.4 is 5.73 Å². The molecule has 0 aliphatic carbocycles. The van der Waals surface area contributed by atoms with Crippen molar-refractivity contribution >= 4 is 17.4 Å². The fraction of sp³-hybridized carbons (Fsp3) is 0.143. The second-order valence-corrected chi connectivity index (χ2v) is 4.90. The number of aromatic nitrogens is 1. The minimum absolute atomic E-state index is 0.693. The van der Waals surface area contributed by atoms with Gasteiger partial charge in [-0.05, 0) is 42.3 Å². The minimum atomic E-state index is 0.693. The molecule has 0 bridgehead atoms. The molecule has 90 valence electrons. The maximum absolute atomic E-state index is 8.82. The van der Waals surface area contributed by atoms with Crippen LogP contribution >= 0.6 is 11.8 Å². The molecular formula is C14H13N3S. The van der Waals surface area contributed by atoms with Gasteiger partial charge in [-0.1, -0.05) is 17.8 Å². The molecule has 0 aliphatic heterocycles. The zero-order valence-corrected chi connectivity index (χ0v) is 10.9. The zero-order chi connectivity index (χ0) is 13.0. The average Bonchev–Trinajstić information content (AvgIpc) is 2.39. The topological polar surface area (TPSA) is 62.7 Å². The summed E-state index contributed by atoms with van der Waals surface area (Å²) in [7, 11) is 0. The predicted molar refractivity (Wildman–Crippen MR) is 74.1 cm³/mol. The number of nitrogens with two attached hydrogens (primary N) is 1. The van der Waals surface area contributed by atoms with Crippen molar-refractivity contribution in [1.29, 1.82) is 5.26 Å². The van der Waals surface area contributed by atoms with Crippen LogP contribution in [0.25, 0.3) is 0 Å². The average molecular weight is 255 g/mol. The predicted octanol–water partition coefficient (Wildman–Crippen LogP) is 3.14. The van der Waals surface area contributed by atoms with Crippen LogP contribution in [0.5, 0.6) is 0 Å². The lowest BCUT2D eigenvalue weighted by Crippen LogP contribution is -1.93. The molecule has 1 aromatic carbocycles. The second kappa shape index (κ2) is 5.56. The van der Waals surface area contributed by atoms with Crippen LogP contribution in [-0.4, -0.2) is 4.98 Å². The summed E-state index contributed by atoms with van der Waals surface area (Å²) in [6.07, 6.45) is 1.74. The van der Waals surface area contributed by atoms with Gasteiger partial charge >= 0.3 is 0 Å². The van der Waals surface area contributed by atoms with Crippen molar-refractivity contribution < 1.29 is 0 Å². The Hall–Kier alpha value is -1.99. The molecule has 0 fully saturated rings. The Kier molecular flexibility index (Phi) is 3.85. The Morgan fingerprint density at radius 3 is 2.89 bits per heavy atom. The third kappa shape index (κ3) is 2.82. The van der Waals surface area contributed by atoms with Crippen molar-refractivity contribution in [3.63, 3.8) is 0 Å². The van der Waals surface area contributed by atoms with E-state index in [1.54, 1.807) is 18.0 Å². The summed E-state index contributed by atoms with van der Waals surface area (Å²) in [5.74, 6) is 0.804. The highest BCUT2D eigenvalue weighted by atomic mass is 32.2. The summed E-state index contributed by atoms with van der Waals surface area (Å²) < 4.78 is 0. The Bertz CT molecular complexity index is 602. The van der Waals surface area contributed by atoms with E-state index >= 15 is 0 Å². The summed E-state index contributed by atoms with van der Waals surface area (Å²) in [6, 6.07) is 11.5. The van der Waals surface area contributed by atoms with Crippen LogP contribution in [0.3, 0.4) is 0 Å². The number of hydrogen-bond acceptors (Lipinski definition) is 4. The Morgan fingerprint density at radius 2 is 2.22 bits per heavy atom. The molecule has 4 heteroatoms. The smallest absolute Gasteiger partial charge is 0.119 e. The SMILES string of the molecule is Cc1cc(C#N)ccc1CSc1ncccc1N. The molecule has 2 rings (SSSR count). The molecule has 0 atom stereocenters. The van der Waals surface area contributed by atoms with Gasteiger partial charge in [0.1, 0.15) is 5.03 Å². The molecule has 0 saturated heterocycles. The fourth-order valence-electron chi connectivity index (χ4n) is 1.60. The summed E-state index contributed by atoms with van der Waals surface area (Å²) in [4.78, 5) is 4.24. The van der Waals surface area contributed by atoms with Crippen LogP contribution in [-0.2, 0) is 5.75 Å². The van der Waals surface area contributed by atoms with E-state index in [2.05, 4.69) is 11.1 Å². The highest BCUT2D eigenvalue weighted by Crippen LogP contribution is 2.26. The summed E-state index contributed by atoms with van der Waals surface area (Å²) in [5, 5.41) is 9.66. The van der Waals surface area contributed by atoms with Crippen LogP contribution in [0.2, 0.25) is 0 Å². The van der Waals surface area contributed by atoms with Crippen molar-refractivity contribution in [3.05, 3.63) is 53.2 Å². The molecule has 0 unspecified atom stereocenters. The van der Waals surface area contributed by atoms with E-state index in [9.17, 15) is 0 Å². The summed E-state index contributed by atoms with van der Waals surface area (Å²) in [5.41, 5.74) is 9.56. The Morgan fingerprint density at radius 1 is 1.39 bits per heavy atom. The highest BCUT2D eigenvalue weighted by molar-refractivity contribution is 7.98. The molecule has 0 aliphatic rings. The largest absolute Gasteiger partial charge is 0.397 e. The van der Waals surface area contributed by atoms with Gasteiger partial charge in [0.2, 0.25) is 0 Å². The van der Waals surface area contributed by atoms with Gasteiger partial charge in [-0.3, -0.25) is 0 Å². The summed E-state index contributed by atoms with van der Waals surface area (Å²) >= 11 is 1.61. The first kappa shape index (κ1) is 12.5. The molecule has 0 amide bonds. The maximum atomic E-state index is 8.82. The monoisotopic (exact) mass is 255 g/mol. The number of aryl methyl sites for hydroxylation is 1. The lowest BCUT2D eigenvalue weighted by molar-refractivity contribution is 1.14. The molecule has 1 heterocycles. The van der Waals surface area contributed by atoms with E-state index in [-0.39, 0.29) is 0 Å². The van der Waals surface area contributed by atoms with E-state index in [4.69, 9.17) is 11.0 Å². The number of nitrogens with zero attached hydrogens (tertiary/aromatic N) is 2. The Balaban J connectivity index is 2.12. The van der Waals surface area contributed by atoms with Crippen LogP contribution in [0.15, 0.2) is 41.6 Å². The van der Waals surface area contributed by atoms with Crippen LogP contribution in [0, 0.1) is 18.3 Å². The van der Waals surface area contributed by atoms with Crippen molar-refractivity contribution in [2.24, 2.45) is 0 Å². The van der Waals surface area contributed by atoms with Gasteiger partial charge < -0.3 is 5.73 Å². The number of rotatable bonds is 3. The van der Waals surface area contributed by atoms with Gasteiger partial charge in [-0.2, -0.15) is 5.26 Å². The first-order valence-corrected chi connectivity index (χ1v) is 6.52.